The summed E-state index contributed by atoms with van der Waals surface area (Å²) in [4.78, 5) is 29.9. The van der Waals surface area contributed by atoms with Crippen molar-refractivity contribution in [1.29, 1.82) is 0 Å². The predicted octanol–water partition coefficient (Wildman–Crippen LogP) is 5.66. The molecule has 2 bridgehead atoms. The molecule has 1 saturated heterocycles. The fourth-order valence-corrected chi connectivity index (χ4v) is 5.95. The van der Waals surface area contributed by atoms with Gasteiger partial charge in [0, 0.05) is 62.7 Å². The van der Waals surface area contributed by atoms with Gasteiger partial charge in [-0.05, 0) is 47.2 Å². The van der Waals surface area contributed by atoms with E-state index in [0.29, 0.717) is 54.9 Å². The van der Waals surface area contributed by atoms with Gasteiger partial charge in [0.1, 0.15) is 5.75 Å². The van der Waals surface area contributed by atoms with E-state index in [2.05, 4.69) is 41.7 Å². The molecule has 0 aliphatic carbocycles. The van der Waals surface area contributed by atoms with E-state index in [1.54, 1.807) is 25.1 Å². The van der Waals surface area contributed by atoms with Gasteiger partial charge in [-0.25, -0.2) is 0 Å². The first-order valence-corrected chi connectivity index (χ1v) is 14.7. The van der Waals surface area contributed by atoms with Crippen LogP contribution in [0.5, 0.6) is 5.75 Å². The van der Waals surface area contributed by atoms with Crippen LogP contribution >= 0.6 is 23.2 Å². The normalized spacial score (nSPS) is 18.3. The van der Waals surface area contributed by atoms with Crippen LogP contribution in [0.25, 0.3) is 5.57 Å². The second kappa shape index (κ2) is 13.1. The second-order valence-electron chi connectivity index (χ2n) is 10.8. The Morgan fingerprint density at radius 1 is 0.976 bits per heavy atom. The van der Waals surface area contributed by atoms with E-state index in [1.165, 1.54) is 5.56 Å². The zero-order valence-corrected chi connectivity index (χ0v) is 24.9. The van der Waals surface area contributed by atoms with Crippen LogP contribution in [0.15, 0.2) is 78.4 Å². The van der Waals surface area contributed by atoms with E-state index in [1.807, 2.05) is 35.0 Å². The minimum atomic E-state index is -0.205. The number of piperazine rings is 1. The summed E-state index contributed by atoms with van der Waals surface area (Å²) in [6, 6.07) is 23.6. The van der Waals surface area contributed by atoms with E-state index < -0.39 is 0 Å². The number of nitrogens with one attached hydrogen (secondary N) is 1. The molecule has 0 spiro atoms. The first-order chi connectivity index (χ1) is 19.8. The molecule has 2 aliphatic rings. The maximum Gasteiger partial charge on any atom is 0.251 e. The van der Waals surface area contributed by atoms with Crippen LogP contribution in [0, 0.1) is 0 Å². The number of benzene rings is 3. The van der Waals surface area contributed by atoms with Gasteiger partial charge in [-0.1, -0.05) is 77.8 Å². The highest BCUT2D eigenvalue weighted by Crippen LogP contribution is 2.34. The quantitative estimate of drug-likeness (QED) is 0.349. The molecule has 0 unspecified atom stereocenters. The lowest BCUT2D eigenvalue weighted by Gasteiger charge is -2.44. The summed E-state index contributed by atoms with van der Waals surface area (Å²) in [5, 5.41) is 4.73. The van der Waals surface area contributed by atoms with E-state index >= 15 is 0 Å². The molecule has 2 aliphatic heterocycles. The molecule has 2 atom stereocenters. The Labute approximate surface area is 251 Å². The van der Waals surface area contributed by atoms with Gasteiger partial charge < -0.3 is 19.9 Å². The number of likely N-dealkylation sites (N-methyl/N-ethyl adjacent to an activating group) is 1. The highest BCUT2D eigenvalue weighted by atomic mass is 35.5. The molecule has 0 saturated carbocycles. The van der Waals surface area contributed by atoms with Crippen LogP contribution in [-0.2, 0) is 22.4 Å². The van der Waals surface area contributed by atoms with Crippen molar-refractivity contribution >= 4 is 40.6 Å². The number of amides is 2. The minimum Gasteiger partial charge on any atom is -0.492 e. The monoisotopic (exact) mass is 591 g/mol. The molecule has 0 aromatic heterocycles. The first-order valence-electron chi connectivity index (χ1n) is 14.0. The van der Waals surface area contributed by atoms with E-state index in [0.717, 1.165) is 28.7 Å². The zero-order valence-electron chi connectivity index (χ0n) is 23.4. The SMILES string of the molecule is CC(=O)N1C[C@H]2CC(c3ccc(CCOc4cc(Cl)ccc4Cl)cc3)=C(C(=O)N(C)CCc3ccccc3)[C@@H](C1)N2. The Bertz CT molecular complexity index is 1430. The third-order valence-electron chi connectivity index (χ3n) is 7.85. The predicted molar refractivity (Wildman–Crippen MR) is 164 cm³/mol. The third kappa shape index (κ3) is 7.13. The third-order valence-corrected chi connectivity index (χ3v) is 8.40. The van der Waals surface area contributed by atoms with Gasteiger partial charge in [0.25, 0.3) is 5.91 Å². The van der Waals surface area contributed by atoms with Gasteiger partial charge in [-0.2, -0.15) is 0 Å². The summed E-state index contributed by atoms with van der Waals surface area (Å²) in [6.07, 6.45) is 2.17. The number of halogens is 2. The van der Waals surface area contributed by atoms with Crippen LogP contribution < -0.4 is 10.1 Å². The van der Waals surface area contributed by atoms with Gasteiger partial charge in [0.15, 0.2) is 0 Å². The molecule has 8 heteroatoms. The molecular formula is C33H35Cl2N3O3. The molecule has 41 heavy (non-hydrogen) atoms. The van der Waals surface area contributed by atoms with Gasteiger partial charge in [0.05, 0.1) is 17.7 Å². The lowest BCUT2D eigenvalue weighted by molar-refractivity contribution is -0.132. The smallest absolute Gasteiger partial charge is 0.251 e. The summed E-state index contributed by atoms with van der Waals surface area (Å²) >= 11 is 12.3. The topological polar surface area (TPSA) is 61.9 Å². The van der Waals surface area contributed by atoms with Crippen LogP contribution in [0.4, 0.5) is 0 Å². The maximum absolute atomic E-state index is 14.0. The van der Waals surface area contributed by atoms with Gasteiger partial charge in [0.2, 0.25) is 5.91 Å². The number of hydrogen-bond acceptors (Lipinski definition) is 4. The van der Waals surface area contributed by atoms with Crippen molar-refractivity contribution in [1.82, 2.24) is 15.1 Å². The average molecular weight is 593 g/mol. The van der Waals surface area contributed by atoms with Crippen LogP contribution in [0.1, 0.15) is 30.0 Å². The van der Waals surface area contributed by atoms with Crippen molar-refractivity contribution in [3.63, 3.8) is 0 Å². The van der Waals surface area contributed by atoms with Gasteiger partial charge in [-0.15, -0.1) is 0 Å². The van der Waals surface area contributed by atoms with Crippen molar-refractivity contribution < 1.29 is 14.3 Å². The van der Waals surface area contributed by atoms with Crippen LogP contribution in [0.3, 0.4) is 0 Å². The van der Waals surface area contributed by atoms with Gasteiger partial charge in [-0.3, -0.25) is 9.59 Å². The maximum atomic E-state index is 14.0. The van der Waals surface area contributed by atoms with Crippen molar-refractivity contribution in [2.24, 2.45) is 0 Å². The summed E-state index contributed by atoms with van der Waals surface area (Å²) in [7, 11) is 1.86. The molecular weight excluding hydrogens is 557 g/mol. The lowest BCUT2D eigenvalue weighted by Crippen LogP contribution is -2.61. The van der Waals surface area contributed by atoms with Crippen molar-refractivity contribution in [2.75, 3.05) is 33.3 Å². The largest absolute Gasteiger partial charge is 0.492 e. The Morgan fingerprint density at radius 2 is 1.71 bits per heavy atom. The molecule has 2 amide bonds. The average Bonchev–Trinajstić information content (AvgIpc) is 2.97. The number of nitrogens with zero attached hydrogens (tertiary/aromatic N) is 2. The molecule has 0 radical (unpaired) electrons. The van der Waals surface area contributed by atoms with Crippen LogP contribution in [-0.4, -0.2) is 67.0 Å². The number of hydrogen-bond donors (Lipinski definition) is 1. The standard InChI is InChI=1S/C33H35Cl2N3O3/c1-22(39)38-20-27-19-28(25-10-8-24(9-11-25)15-17-41-31-18-26(34)12-13-29(31)35)32(30(21-38)36-27)33(40)37(2)16-14-23-6-4-3-5-7-23/h3-13,18,27,30,36H,14-17,19-21H2,1-2H3/t27-,30-/m1/s1. The number of carbonyl (C=O) groups excluding carboxylic acids is 2. The van der Waals surface area contributed by atoms with Crippen molar-refractivity contribution in [2.45, 2.75) is 38.3 Å². The molecule has 1 fully saturated rings. The lowest BCUT2D eigenvalue weighted by atomic mass is 9.82. The highest BCUT2D eigenvalue weighted by Gasteiger charge is 2.39. The molecule has 214 valence electrons. The molecule has 3 aromatic carbocycles. The Hall–Kier alpha value is -3.32. The first kappa shape index (κ1) is 29.2. The molecule has 1 N–H and O–H groups in total. The second-order valence-corrected chi connectivity index (χ2v) is 11.6. The summed E-state index contributed by atoms with van der Waals surface area (Å²) in [6.45, 7) is 3.81. The zero-order chi connectivity index (χ0) is 28.9. The summed E-state index contributed by atoms with van der Waals surface area (Å²) in [5.74, 6) is 0.620. The van der Waals surface area contributed by atoms with Gasteiger partial charge >= 0.3 is 0 Å². The number of ether oxygens (including phenoxy) is 1. The molecule has 5 rings (SSSR count). The highest BCUT2D eigenvalue weighted by molar-refractivity contribution is 6.34. The van der Waals surface area contributed by atoms with E-state index in [9.17, 15) is 9.59 Å². The molecule has 6 nitrogen and oxygen atoms in total. The number of carbonyl (C=O) groups is 2. The van der Waals surface area contributed by atoms with Crippen LogP contribution in [0.2, 0.25) is 10.0 Å². The number of fused-ring (bicyclic) bond motifs is 2. The van der Waals surface area contributed by atoms with E-state index in [-0.39, 0.29) is 23.9 Å². The Kier molecular flexibility index (Phi) is 9.33. The fourth-order valence-electron chi connectivity index (χ4n) is 5.61. The van der Waals surface area contributed by atoms with Crippen molar-refractivity contribution in [3.05, 3.63) is 105 Å². The minimum absolute atomic E-state index is 0.00756. The number of rotatable bonds is 9. The molecule has 3 aromatic rings. The molecule has 2 heterocycles. The van der Waals surface area contributed by atoms with E-state index in [4.69, 9.17) is 27.9 Å². The Morgan fingerprint density at radius 3 is 2.44 bits per heavy atom. The Balaban J connectivity index is 1.34. The summed E-state index contributed by atoms with van der Waals surface area (Å²) < 4.78 is 5.86. The van der Waals surface area contributed by atoms with Crippen molar-refractivity contribution in [3.8, 4) is 5.75 Å². The fraction of sp³-hybridized carbons (Fsp3) is 0.333. The summed E-state index contributed by atoms with van der Waals surface area (Å²) in [5.41, 5.74) is 5.18.